The molecule has 0 unspecified atom stereocenters. The minimum Gasteiger partial charge on any atom is -0.367 e. The highest BCUT2D eigenvalue weighted by molar-refractivity contribution is 5.50. The minimum atomic E-state index is 0.426. The second-order valence-corrected chi connectivity index (χ2v) is 5.66. The van der Waals surface area contributed by atoms with E-state index in [9.17, 15) is 0 Å². The fourth-order valence-corrected chi connectivity index (χ4v) is 2.64. The van der Waals surface area contributed by atoms with Crippen LogP contribution >= 0.6 is 0 Å². The summed E-state index contributed by atoms with van der Waals surface area (Å²) in [6.45, 7) is 6.27. The first-order valence-electron chi connectivity index (χ1n) is 7.66. The molecule has 4 nitrogen and oxygen atoms in total. The predicted molar refractivity (Wildman–Crippen MR) is 86.6 cm³/mol. The minimum absolute atomic E-state index is 0.426. The zero-order chi connectivity index (χ0) is 14.7. The number of hydrogen-bond donors (Lipinski definition) is 1. The molecule has 0 aliphatic carbocycles. The van der Waals surface area contributed by atoms with Gasteiger partial charge in [0.15, 0.2) is 0 Å². The Balaban J connectivity index is 1.77. The number of benzene rings is 1. The molecule has 1 aromatic carbocycles. The zero-order valence-electron chi connectivity index (χ0n) is 12.7. The van der Waals surface area contributed by atoms with Crippen LogP contribution in [0.2, 0.25) is 0 Å². The maximum atomic E-state index is 4.44. The van der Waals surface area contributed by atoms with Crippen molar-refractivity contribution in [2.24, 2.45) is 0 Å². The molecule has 110 valence electrons. The van der Waals surface area contributed by atoms with E-state index in [4.69, 9.17) is 0 Å². The lowest BCUT2D eigenvalue weighted by molar-refractivity contribution is 0.717. The van der Waals surface area contributed by atoms with E-state index in [-0.39, 0.29) is 0 Å². The first-order chi connectivity index (χ1) is 10.3. The van der Waals surface area contributed by atoms with Gasteiger partial charge in [-0.2, -0.15) is 0 Å². The molecule has 0 bridgehead atoms. The summed E-state index contributed by atoms with van der Waals surface area (Å²) in [5.74, 6) is 1.92. The summed E-state index contributed by atoms with van der Waals surface area (Å²) >= 11 is 0. The summed E-state index contributed by atoms with van der Waals surface area (Å²) in [6.07, 6.45) is 3.81. The first-order valence-corrected chi connectivity index (χ1v) is 7.66. The van der Waals surface area contributed by atoms with Gasteiger partial charge in [0, 0.05) is 25.2 Å². The Labute approximate surface area is 126 Å². The Hall–Kier alpha value is -2.10. The van der Waals surface area contributed by atoms with Gasteiger partial charge in [-0.1, -0.05) is 31.2 Å². The quantitative estimate of drug-likeness (QED) is 0.934. The van der Waals surface area contributed by atoms with Gasteiger partial charge in [-0.05, 0) is 30.9 Å². The van der Waals surface area contributed by atoms with Crippen molar-refractivity contribution in [2.45, 2.75) is 39.3 Å². The normalized spacial score (nSPS) is 15.4. The third kappa shape index (κ3) is 3.15. The number of nitrogens with one attached hydrogen (secondary N) is 1. The second kappa shape index (κ2) is 6.12. The molecule has 2 heterocycles. The summed E-state index contributed by atoms with van der Waals surface area (Å²) in [7, 11) is 0. The fourth-order valence-electron chi connectivity index (χ4n) is 2.64. The van der Waals surface area contributed by atoms with Crippen molar-refractivity contribution in [3.8, 4) is 0 Å². The topological polar surface area (TPSA) is 41.0 Å². The van der Waals surface area contributed by atoms with Gasteiger partial charge in [-0.15, -0.1) is 0 Å². The average molecular weight is 282 g/mol. The number of anilines is 2. The van der Waals surface area contributed by atoms with E-state index in [2.05, 4.69) is 64.4 Å². The van der Waals surface area contributed by atoms with Gasteiger partial charge in [-0.3, -0.25) is 0 Å². The molecule has 0 saturated heterocycles. The van der Waals surface area contributed by atoms with Crippen molar-refractivity contribution in [3.63, 3.8) is 0 Å². The maximum absolute atomic E-state index is 4.44. The Morgan fingerprint density at radius 2 is 2.05 bits per heavy atom. The van der Waals surface area contributed by atoms with E-state index in [1.165, 1.54) is 11.1 Å². The Bertz CT molecular complexity index is 611. The van der Waals surface area contributed by atoms with Crippen LogP contribution in [-0.4, -0.2) is 22.6 Å². The standard InChI is InChI=1S/C17H22N4/c1-3-13(2)20-16-10-17(19-12-18-16)21-9-8-14-6-4-5-7-15(14)11-21/h4-7,10,12-13H,3,8-9,11H2,1-2H3,(H,18,19,20)/t13-/m1/s1. The van der Waals surface area contributed by atoms with E-state index in [0.717, 1.165) is 37.6 Å². The van der Waals surface area contributed by atoms with Gasteiger partial charge in [0.1, 0.15) is 18.0 Å². The van der Waals surface area contributed by atoms with Gasteiger partial charge in [0.25, 0.3) is 0 Å². The molecule has 0 spiro atoms. The number of aromatic nitrogens is 2. The van der Waals surface area contributed by atoms with Crippen molar-refractivity contribution < 1.29 is 0 Å². The van der Waals surface area contributed by atoms with Crippen LogP contribution in [-0.2, 0) is 13.0 Å². The lowest BCUT2D eigenvalue weighted by Crippen LogP contribution is -2.31. The van der Waals surface area contributed by atoms with Crippen molar-refractivity contribution >= 4 is 11.6 Å². The van der Waals surface area contributed by atoms with Gasteiger partial charge < -0.3 is 10.2 Å². The average Bonchev–Trinajstić information content (AvgIpc) is 2.54. The molecule has 1 aliphatic heterocycles. The molecule has 1 N–H and O–H groups in total. The molecule has 0 amide bonds. The fraction of sp³-hybridized carbons (Fsp3) is 0.412. The zero-order valence-corrected chi connectivity index (χ0v) is 12.7. The van der Waals surface area contributed by atoms with E-state index in [1.807, 2.05) is 0 Å². The third-order valence-electron chi connectivity index (χ3n) is 4.11. The van der Waals surface area contributed by atoms with Gasteiger partial charge in [0.05, 0.1) is 0 Å². The summed E-state index contributed by atoms with van der Waals surface area (Å²) in [5, 5.41) is 3.41. The number of nitrogens with zero attached hydrogens (tertiary/aromatic N) is 3. The Morgan fingerprint density at radius 1 is 1.24 bits per heavy atom. The number of hydrogen-bond acceptors (Lipinski definition) is 4. The Morgan fingerprint density at radius 3 is 2.86 bits per heavy atom. The van der Waals surface area contributed by atoms with E-state index < -0.39 is 0 Å². The van der Waals surface area contributed by atoms with Crippen LogP contribution in [0.5, 0.6) is 0 Å². The molecule has 0 radical (unpaired) electrons. The lowest BCUT2D eigenvalue weighted by atomic mass is 10.00. The number of rotatable bonds is 4. The van der Waals surface area contributed by atoms with Crippen molar-refractivity contribution in [1.29, 1.82) is 0 Å². The van der Waals surface area contributed by atoms with Crippen LogP contribution < -0.4 is 10.2 Å². The molecular formula is C17H22N4. The van der Waals surface area contributed by atoms with Crippen LogP contribution in [0.4, 0.5) is 11.6 Å². The van der Waals surface area contributed by atoms with Gasteiger partial charge >= 0.3 is 0 Å². The third-order valence-corrected chi connectivity index (χ3v) is 4.11. The molecule has 0 fully saturated rings. The monoisotopic (exact) mass is 282 g/mol. The molecule has 4 heteroatoms. The van der Waals surface area contributed by atoms with Crippen LogP contribution in [0.3, 0.4) is 0 Å². The number of fused-ring (bicyclic) bond motifs is 1. The molecule has 1 aromatic heterocycles. The maximum Gasteiger partial charge on any atom is 0.134 e. The van der Waals surface area contributed by atoms with Crippen LogP contribution in [0.25, 0.3) is 0 Å². The second-order valence-electron chi connectivity index (χ2n) is 5.66. The van der Waals surface area contributed by atoms with Crippen molar-refractivity contribution in [2.75, 3.05) is 16.8 Å². The molecular weight excluding hydrogens is 260 g/mol. The predicted octanol–water partition coefficient (Wildman–Crippen LogP) is 3.25. The van der Waals surface area contributed by atoms with E-state index in [1.54, 1.807) is 6.33 Å². The van der Waals surface area contributed by atoms with Crippen molar-refractivity contribution in [1.82, 2.24) is 9.97 Å². The molecule has 2 aromatic rings. The molecule has 21 heavy (non-hydrogen) atoms. The molecule has 3 rings (SSSR count). The molecule has 1 atom stereocenters. The van der Waals surface area contributed by atoms with Crippen molar-refractivity contribution in [3.05, 3.63) is 47.8 Å². The summed E-state index contributed by atoms with van der Waals surface area (Å²) in [5.41, 5.74) is 2.86. The van der Waals surface area contributed by atoms with Crippen LogP contribution in [0, 0.1) is 0 Å². The smallest absolute Gasteiger partial charge is 0.134 e. The largest absolute Gasteiger partial charge is 0.367 e. The summed E-state index contributed by atoms with van der Waals surface area (Å²) in [6, 6.07) is 11.1. The Kier molecular flexibility index (Phi) is 4.04. The van der Waals surface area contributed by atoms with Gasteiger partial charge in [-0.25, -0.2) is 9.97 Å². The first kappa shape index (κ1) is 13.9. The summed E-state index contributed by atoms with van der Waals surface area (Å²) in [4.78, 5) is 11.1. The van der Waals surface area contributed by atoms with E-state index in [0.29, 0.717) is 6.04 Å². The van der Waals surface area contributed by atoms with Crippen LogP contribution in [0.15, 0.2) is 36.7 Å². The molecule has 1 aliphatic rings. The van der Waals surface area contributed by atoms with Crippen LogP contribution in [0.1, 0.15) is 31.4 Å². The highest BCUT2D eigenvalue weighted by atomic mass is 15.2. The highest BCUT2D eigenvalue weighted by Crippen LogP contribution is 2.24. The highest BCUT2D eigenvalue weighted by Gasteiger charge is 2.17. The lowest BCUT2D eigenvalue weighted by Gasteiger charge is -2.30. The summed E-state index contributed by atoms with van der Waals surface area (Å²) < 4.78 is 0. The SMILES string of the molecule is CC[C@@H](C)Nc1cc(N2CCc3ccccc3C2)ncn1. The van der Waals surface area contributed by atoms with E-state index >= 15 is 0 Å². The van der Waals surface area contributed by atoms with Gasteiger partial charge in [0.2, 0.25) is 0 Å². The molecule has 0 saturated carbocycles.